The largest absolute Gasteiger partial charge is 0.481 e. The number of carboxylic acids is 1. The second-order valence-electron chi connectivity index (χ2n) is 5.50. The summed E-state index contributed by atoms with van der Waals surface area (Å²) in [6, 6.07) is 5.49. The van der Waals surface area contributed by atoms with Crippen LogP contribution in [0.4, 0.5) is 13.2 Å². The summed E-state index contributed by atoms with van der Waals surface area (Å²) in [7, 11) is 0. The normalized spacial score (nSPS) is 21.3. The molecule has 0 saturated carbocycles. The van der Waals surface area contributed by atoms with Crippen molar-refractivity contribution in [3.63, 3.8) is 0 Å². The first-order valence-corrected chi connectivity index (χ1v) is 6.79. The molecule has 0 aromatic heterocycles. The number of carbonyl (C=O) groups excluding carboxylic acids is 2. The number of benzene rings is 1. The Kier molecular flexibility index (Phi) is 4.19. The lowest BCUT2D eigenvalue weighted by Crippen LogP contribution is -2.47. The Bertz CT molecular complexity index is 654. The Balaban J connectivity index is 2.22. The Morgan fingerprint density at radius 3 is 2.04 bits per heavy atom. The molecule has 1 saturated heterocycles. The zero-order chi connectivity index (χ0) is 17.4. The molecule has 0 bridgehead atoms. The van der Waals surface area contributed by atoms with E-state index in [2.05, 4.69) is 0 Å². The number of rotatable bonds is 3. The second-order valence-corrected chi connectivity index (χ2v) is 5.50. The molecule has 1 aliphatic rings. The van der Waals surface area contributed by atoms with Gasteiger partial charge < -0.3 is 10.0 Å². The molecule has 23 heavy (non-hydrogen) atoms. The summed E-state index contributed by atoms with van der Waals surface area (Å²) in [4.78, 5) is 35.4. The Hall–Kier alpha value is -2.38. The molecule has 1 atom stereocenters. The number of carboxylic acid groups (broad SMARTS) is 1. The Morgan fingerprint density at radius 2 is 1.65 bits per heavy atom. The molecule has 1 aliphatic heterocycles. The van der Waals surface area contributed by atoms with E-state index < -0.39 is 36.4 Å². The fourth-order valence-electron chi connectivity index (χ4n) is 2.54. The van der Waals surface area contributed by atoms with Gasteiger partial charge in [-0.2, -0.15) is 13.2 Å². The summed E-state index contributed by atoms with van der Waals surface area (Å²) in [6.45, 7) is 0.139. The van der Waals surface area contributed by atoms with Gasteiger partial charge >= 0.3 is 12.1 Å². The number of alkyl halides is 3. The van der Waals surface area contributed by atoms with Gasteiger partial charge in [-0.05, 0) is 25.5 Å². The third kappa shape index (κ3) is 2.93. The molecule has 0 spiro atoms. The Labute approximate surface area is 129 Å². The average Bonchev–Trinajstić information content (AvgIpc) is 2.93. The van der Waals surface area contributed by atoms with Crippen LogP contribution < -0.4 is 0 Å². The third-order valence-electron chi connectivity index (χ3n) is 4.05. The van der Waals surface area contributed by atoms with Crippen LogP contribution in [0.2, 0.25) is 0 Å². The minimum atomic E-state index is -4.94. The van der Waals surface area contributed by atoms with Gasteiger partial charge in [0.05, 0.1) is 0 Å². The van der Waals surface area contributed by atoms with Gasteiger partial charge in [0, 0.05) is 24.2 Å². The van der Waals surface area contributed by atoms with Crippen LogP contribution in [0.5, 0.6) is 0 Å². The van der Waals surface area contributed by atoms with Crippen molar-refractivity contribution in [3.05, 3.63) is 35.4 Å². The molecule has 5 nitrogen and oxygen atoms in total. The minimum absolute atomic E-state index is 0.110. The highest BCUT2D eigenvalue weighted by molar-refractivity contribution is 5.98. The van der Waals surface area contributed by atoms with E-state index in [1.165, 1.54) is 31.2 Å². The molecule has 2 rings (SSSR count). The van der Waals surface area contributed by atoms with Gasteiger partial charge in [0.1, 0.15) is 0 Å². The number of hydrogen-bond acceptors (Lipinski definition) is 3. The number of halogens is 3. The molecule has 1 aromatic rings. The highest BCUT2D eigenvalue weighted by Crippen LogP contribution is 2.45. The number of aliphatic carboxylic acids is 1. The molecule has 1 heterocycles. The van der Waals surface area contributed by atoms with Crippen LogP contribution >= 0.6 is 0 Å². The van der Waals surface area contributed by atoms with Gasteiger partial charge in [0.15, 0.2) is 11.2 Å². The first-order valence-electron chi connectivity index (χ1n) is 6.79. The molecule has 1 amide bonds. The highest BCUT2D eigenvalue weighted by atomic mass is 19.4. The average molecular weight is 329 g/mol. The van der Waals surface area contributed by atoms with E-state index in [9.17, 15) is 27.6 Å². The lowest BCUT2D eigenvalue weighted by Gasteiger charge is -2.27. The monoisotopic (exact) mass is 329 g/mol. The first-order chi connectivity index (χ1) is 10.6. The summed E-state index contributed by atoms with van der Waals surface area (Å²) in [5.41, 5.74) is -2.45. The van der Waals surface area contributed by atoms with Gasteiger partial charge in [0.25, 0.3) is 5.91 Å². The van der Waals surface area contributed by atoms with E-state index >= 15 is 0 Å². The van der Waals surface area contributed by atoms with E-state index in [1.54, 1.807) is 0 Å². The number of hydrogen-bond donors (Lipinski definition) is 1. The van der Waals surface area contributed by atoms with E-state index in [4.69, 9.17) is 5.11 Å². The van der Waals surface area contributed by atoms with Gasteiger partial charge in [-0.25, -0.2) is 0 Å². The van der Waals surface area contributed by atoms with Gasteiger partial charge in [0.2, 0.25) is 0 Å². The van der Waals surface area contributed by atoms with Gasteiger partial charge in [-0.1, -0.05) is 12.1 Å². The number of carbonyl (C=O) groups is 3. The van der Waals surface area contributed by atoms with E-state index in [0.717, 1.165) is 4.90 Å². The smallest absolute Gasteiger partial charge is 0.406 e. The topological polar surface area (TPSA) is 74.7 Å². The number of ketones is 1. The third-order valence-corrected chi connectivity index (χ3v) is 4.05. The number of likely N-dealkylation sites (tertiary alicyclic amines) is 1. The second kappa shape index (κ2) is 5.68. The van der Waals surface area contributed by atoms with Crippen LogP contribution in [0.3, 0.4) is 0 Å². The van der Waals surface area contributed by atoms with Crippen LogP contribution in [-0.2, 0) is 4.79 Å². The van der Waals surface area contributed by atoms with Crippen molar-refractivity contribution in [2.45, 2.75) is 19.5 Å². The molecule has 0 aliphatic carbocycles. The van der Waals surface area contributed by atoms with Crippen molar-refractivity contribution in [2.75, 3.05) is 13.1 Å². The lowest BCUT2D eigenvalue weighted by atomic mass is 9.86. The van der Waals surface area contributed by atoms with E-state index in [0.29, 0.717) is 5.56 Å². The molecule has 8 heteroatoms. The van der Waals surface area contributed by atoms with Crippen LogP contribution in [-0.4, -0.2) is 46.9 Å². The first kappa shape index (κ1) is 17.0. The summed E-state index contributed by atoms with van der Waals surface area (Å²) in [6.07, 6.45) is -5.62. The number of Topliss-reactive ketones (excluding diaryl/α,β-unsaturated/α-hetero) is 1. The van der Waals surface area contributed by atoms with Crippen LogP contribution in [0.25, 0.3) is 0 Å². The molecule has 124 valence electrons. The van der Waals surface area contributed by atoms with E-state index in [-0.39, 0.29) is 17.9 Å². The maximum absolute atomic E-state index is 13.1. The summed E-state index contributed by atoms with van der Waals surface area (Å²) < 4.78 is 39.3. The highest BCUT2D eigenvalue weighted by Gasteiger charge is 2.64. The maximum Gasteiger partial charge on any atom is 0.406 e. The summed E-state index contributed by atoms with van der Waals surface area (Å²) >= 11 is 0. The van der Waals surface area contributed by atoms with Crippen LogP contribution in [0, 0.1) is 5.41 Å². The minimum Gasteiger partial charge on any atom is -0.481 e. The SMILES string of the molecule is CC(=O)c1ccc(C(=O)N2CCC(C(=O)O)(C(F)(F)F)C2)cc1. The van der Waals surface area contributed by atoms with Crippen LogP contribution in [0.1, 0.15) is 34.1 Å². The van der Waals surface area contributed by atoms with Crippen molar-refractivity contribution in [2.24, 2.45) is 5.41 Å². The maximum atomic E-state index is 13.1. The predicted octanol–water partition coefficient (Wildman–Crippen LogP) is 2.37. The zero-order valence-corrected chi connectivity index (χ0v) is 12.2. The summed E-state index contributed by atoms with van der Waals surface area (Å²) in [5, 5.41) is 8.97. The molecule has 1 unspecified atom stereocenters. The predicted molar refractivity (Wildman–Crippen MR) is 73.1 cm³/mol. The fraction of sp³-hybridized carbons (Fsp3) is 0.400. The quantitative estimate of drug-likeness (QED) is 0.864. The van der Waals surface area contributed by atoms with Gasteiger partial charge in [-0.3, -0.25) is 14.4 Å². The molecule has 0 radical (unpaired) electrons. The Morgan fingerprint density at radius 1 is 1.13 bits per heavy atom. The van der Waals surface area contributed by atoms with Crippen molar-refractivity contribution in [1.82, 2.24) is 4.90 Å². The molecular formula is C15H14F3NO4. The van der Waals surface area contributed by atoms with Crippen molar-refractivity contribution < 1.29 is 32.7 Å². The van der Waals surface area contributed by atoms with Gasteiger partial charge in [-0.15, -0.1) is 0 Å². The lowest BCUT2D eigenvalue weighted by molar-refractivity contribution is -0.227. The molecular weight excluding hydrogens is 315 g/mol. The fourth-order valence-corrected chi connectivity index (χ4v) is 2.54. The molecule has 1 N–H and O–H groups in total. The number of nitrogens with zero attached hydrogens (tertiary/aromatic N) is 1. The number of amides is 1. The summed E-state index contributed by atoms with van der Waals surface area (Å²) in [5.74, 6) is -2.87. The van der Waals surface area contributed by atoms with Crippen molar-refractivity contribution in [3.8, 4) is 0 Å². The molecule has 1 fully saturated rings. The molecule has 1 aromatic carbocycles. The van der Waals surface area contributed by atoms with Crippen molar-refractivity contribution >= 4 is 17.7 Å². The zero-order valence-electron chi connectivity index (χ0n) is 12.2. The standard InChI is InChI=1S/C15H14F3NO4/c1-9(20)10-2-4-11(5-3-10)12(21)19-7-6-14(8-19,13(22)23)15(16,17)18/h2-5H,6-8H2,1H3,(H,22,23). The van der Waals surface area contributed by atoms with Crippen molar-refractivity contribution in [1.29, 1.82) is 0 Å². The van der Waals surface area contributed by atoms with Crippen LogP contribution in [0.15, 0.2) is 24.3 Å². The van der Waals surface area contributed by atoms with E-state index in [1.807, 2.05) is 0 Å².